The number of hydrogen-bond donors (Lipinski definition) is 2. The van der Waals surface area contributed by atoms with Crippen LogP contribution in [0.15, 0.2) is 23.0 Å². The molecule has 1 aromatic heterocycles. The van der Waals surface area contributed by atoms with Crippen LogP contribution in [0.4, 0.5) is 4.79 Å². The third kappa shape index (κ3) is 1.49. The maximum absolute atomic E-state index is 11.7. The number of hydrogen-bond acceptors (Lipinski definition) is 2. The first-order valence-corrected chi connectivity index (χ1v) is 5.76. The third-order valence-electron chi connectivity index (χ3n) is 3.47. The van der Waals surface area contributed by atoms with Crippen molar-refractivity contribution >= 4 is 17.1 Å². The Morgan fingerprint density at radius 2 is 1.89 bits per heavy atom. The molecule has 3 rings (SSSR count). The highest BCUT2D eigenvalue weighted by Crippen LogP contribution is 2.28. The van der Waals surface area contributed by atoms with Gasteiger partial charge in [-0.3, -0.25) is 0 Å². The van der Waals surface area contributed by atoms with Crippen molar-refractivity contribution < 1.29 is 4.79 Å². The average Bonchev–Trinajstić information content (AvgIpc) is 2.82. The molecule has 1 aromatic carbocycles. The fourth-order valence-electron chi connectivity index (χ4n) is 2.45. The number of nitrogens with one attached hydrogen (secondary N) is 2. The molecule has 0 radical (unpaired) electrons. The number of imidazole rings is 1. The van der Waals surface area contributed by atoms with E-state index in [4.69, 9.17) is 0 Å². The van der Waals surface area contributed by atoms with Gasteiger partial charge in [-0.15, -0.1) is 0 Å². The van der Waals surface area contributed by atoms with E-state index in [9.17, 15) is 9.59 Å². The van der Waals surface area contributed by atoms with Gasteiger partial charge in [0.25, 0.3) is 0 Å². The molecule has 0 saturated carbocycles. The molecule has 94 valence electrons. The maximum atomic E-state index is 11.7. The maximum Gasteiger partial charge on any atom is 0.323 e. The van der Waals surface area contributed by atoms with Crippen LogP contribution in [0.5, 0.6) is 0 Å². The zero-order valence-electron chi connectivity index (χ0n) is 10.2. The van der Waals surface area contributed by atoms with Gasteiger partial charge in [0.15, 0.2) is 0 Å². The number of rotatable bonds is 1. The summed E-state index contributed by atoms with van der Waals surface area (Å²) in [4.78, 5) is 31.8. The SMILES string of the molecule is CN1CC(c2ccc3[nH]c(=O)[nH]c3c2)N(C)C1=O. The van der Waals surface area contributed by atoms with Crippen LogP contribution < -0.4 is 5.69 Å². The van der Waals surface area contributed by atoms with Gasteiger partial charge < -0.3 is 19.8 Å². The first-order chi connectivity index (χ1) is 8.56. The van der Waals surface area contributed by atoms with Gasteiger partial charge in [0.2, 0.25) is 0 Å². The lowest BCUT2D eigenvalue weighted by atomic mass is 10.1. The highest BCUT2D eigenvalue weighted by atomic mass is 16.2. The molecule has 1 aliphatic heterocycles. The number of benzene rings is 1. The van der Waals surface area contributed by atoms with Gasteiger partial charge in [0, 0.05) is 20.6 Å². The van der Waals surface area contributed by atoms with Crippen LogP contribution in [0, 0.1) is 0 Å². The number of carbonyl (C=O) groups is 1. The van der Waals surface area contributed by atoms with Crippen molar-refractivity contribution in [1.82, 2.24) is 19.8 Å². The molecule has 1 saturated heterocycles. The first-order valence-electron chi connectivity index (χ1n) is 5.76. The van der Waals surface area contributed by atoms with E-state index in [-0.39, 0.29) is 17.8 Å². The molecule has 2 N–H and O–H groups in total. The summed E-state index contributed by atoms with van der Waals surface area (Å²) in [7, 11) is 3.58. The molecular formula is C12H14N4O2. The monoisotopic (exact) mass is 246 g/mol. The van der Waals surface area contributed by atoms with Gasteiger partial charge in [0.1, 0.15) is 0 Å². The number of fused-ring (bicyclic) bond motifs is 1. The molecule has 0 aliphatic carbocycles. The fourth-order valence-corrected chi connectivity index (χ4v) is 2.45. The molecule has 1 aliphatic rings. The Kier molecular flexibility index (Phi) is 2.19. The van der Waals surface area contributed by atoms with E-state index in [2.05, 4.69) is 9.97 Å². The molecule has 6 nitrogen and oxygen atoms in total. The van der Waals surface area contributed by atoms with Gasteiger partial charge in [-0.25, -0.2) is 9.59 Å². The minimum atomic E-state index is -0.213. The number of likely N-dealkylation sites (N-methyl/N-ethyl adjacent to an activating group) is 2. The number of aromatic amines is 2. The first kappa shape index (κ1) is 10.9. The molecular weight excluding hydrogens is 232 g/mol. The van der Waals surface area contributed by atoms with Crippen molar-refractivity contribution in [3.05, 3.63) is 34.2 Å². The Labute approximate surface area is 103 Å². The number of amides is 2. The van der Waals surface area contributed by atoms with Crippen LogP contribution in [0.25, 0.3) is 11.0 Å². The van der Waals surface area contributed by atoms with Crippen LogP contribution in [-0.2, 0) is 0 Å². The fraction of sp³-hybridized carbons (Fsp3) is 0.333. The van der Waals surface area contributed by atoms with E-state index in [1.165, 1.54) is 0 Å². The van der Waals surface area contributed by atoms with Crippen LogP contribution in [0.3, 0.4) is 0 Å². The third-order valence-corrected chi connectivity index (χ3v) is 3.47. The lowest BCUT2D eigenvalue weighted by molar-refractivity contribution is 0.201. The van der Waals surface area contributed by atoms with Crippen LogP contribution >= 0.6 is 0 Å². The molecule has 1 unspecified atom stereocenters. The van der Waals surface area contributed by atoms with E-state index < -0.39 is 0 Å². The van der Waals surface area contributed by atoms with E-state index in [1.54, 1.807) is 23.9 Å². The lowest BCUT2D eigenvalue weighted by Crippen LogP contribution is -2.26. The van der Waals surface area contributed by atoms with Crippen molar-refractivity contribution in [2.24, 2.45) is 0 Å². The molecule has 1 atom stereocenters. The molecule has 0 bridgehead atoms. The van der Waals surface area contributed by atoms with Gasteiger partial charge >= 0.3 is 11.7 Å². The second-order valence-corrected chi connectivity index (χ2v) is 4.67. The second-order valence-electron chi connectivity index (χ2n) is 4.67. The van der Waals surface area contributed by atoms with Gasteiger partial charge in [-0.05, 0) is 17.7 Å². The summed E-state index contributed by atoms with van der Waals surface area (Å²) >= 11 is 0. The predicted molar refractivity (Wildman–Crippen MR) is 67.4 cm³/mol. The van der Waals surface area contributed by atoms with Crippen molar-refractivity contribution in [2.75, 3.05) is 20.6 Å². The number of nitrogens with zero attached hydrogens (tertiary/aromatic N) is 2. The van der Waals surface area contributed by atoms with E-state index >= 15 is 0 Å². The number of urea groups is 1. The minimum absolute atomic E-state index is 0.0164. The summed E-state index contributed by atoms with van der Waals surface area (Å²) in [5, 5.41) is 0. The standard InChI is InChI=1S/C12H14N4O2/c1-15-6-10(16(2)12(15)18)7-3-4-8-9(5-7)14-11(17)13-8/h3-5,10H,6H2,1-2H3,(H2,13,14,17). The molecule has 18 heavy (non-hydrogen) atoms. The summed E-state index contributed by atoms with van der Waals surface area (Å²) in [6, 6.07) is 5.77. The zero-order chi connectivity index (χ0) is 12.9. The number of aromatic nitrogens is 2. The van der Waals surface area contributed by atoms with Crippen molar-refractivity contribution in [2.45, 2.75) is 6.04 Å². The smallest absolute Gasteiger partial charge is 0.323 e. The van der Waals surface area contributed by atoms with E-state index in [1.807, 2.05) is 18.2 Å². The normalized spacial score (nSPS) is 20.1. The van der Waals surface area contributed by atoms with E-state index in [0.29, 0.717) is 6.54 Å². The summed E-state index contributed by atoms with van der Waals surface area (Å²) in [5.41, 5.74) is 2.37. The Morgan fingerprint density at radius 1 is 1.17 bits per heavy atom. The van der Waals surface area contributed by atoms with Crippen molar-refractivity contribution in [3.8, 4) is 0 Å². The molecule has 2 amide bonds. The second kappa shape index (κ2) is 3.63. The zero-order valence-corrected chi connectivity index (χ0v) is 10.2. The lowest BCUT2D eigenvalue weighted by Gasteiger charge is -2.17. The molecule has 0 spiro atoms. The Morgan fingerprint density at radius 3 is 2.56 bits per heavy atom. The van der Waals surface area contributed by atoms with Gasteiger partial charge in [-0.1, -0.05) is 6.07 Å². The van der Waals surface area contributed by atoms with E-state index in [0.717, 1.165) is 16.6 Å². The van der Waals surface area contributed by atoms with Crippen LogP contribution in [0.1, 0.15) is 11.6 Å². The largest absolute Gasteiger partial charge is 0.325 e. The summed E-state index contributed by atoms with van der Waals surface area (Å²) in [6.45, 7) is 0.662. The quantitative estimate of drug-likeness (QED) is 0.784. The van der Waals surface area contributed by atoms with Gasteiger partial charge in [-0.2, -0.15) is 0 Å². The highest BCUT2D eigenvalue weighted by Gasteiger charge is 2.33. The topological polar surface area (TPSA) is 72.2 Å². The number of H-pyrrole nitrogens is 2. The summed E-state index contributed by atoms with van der Waals surface area (Å²) < 4.78 is 0. The van der Waals surface area contributed by atoms with Crippen molar-refractivity contribution in [1.29, 1.82) is 0 Å². The average molecular weight is 246 g/mol. The molecule has 1 fully saturated rings. The molecule has 6 heteroatoms. The summed E-state index contributed by atoms with van der Waals surface area (Å²) in [6.07, 6.45) is 0. The Hall–Kier alpha value is -2.24. The van der Waals surface area contributed by atoms with Crippen molar-refractivity contribution in [3.63, 3.8) is 0 Å². The molecule has 2 aromatic rings. The van der Waals surface area contributed by atoms with Crippen LogP contribution in [0.2, 0.25) is 0 Å². The highest BCUT2D eigenvalue weighted by molar-refractivity contribution is 5.78. The summed E-state index contributed by atoms with van der Waals surface area (Å²) in [5.74, 6) is 0. The Bertz CT molecular complexity index is 672. The van der Waals surface area contributed by atoms with Crippen LogP contribution in [-0.4, -0.2) is 46.4 Å². The molecule has 2 heterocycles. The predicted octanol–water partition coefficient (Wildman–Crippen LogP) is 0.894. The van der Waals surface area contributed by atoms with Gasteiger partial charge in [0.05, 0.1) is 17.1 Å². The Balaban J connectivity index is 2.04. The minimum Gasteiger partial charge on any atom is -0.325 e. The number of carbonyl (C=O) groups excluding carboxylic acids is 1.